The Hall–Kier alpha value is -0.820. The zero-order valence-corrected chi connectivity index (χ0v) is 14.1. The van der Waals surface area contributed by atoms with Crippen LogP contribution >= 0.6 is 24.8 Å². The maximum absolute atomic E-state index is 12.6. The number of carbonyl (C=O) groups is 1. The molecular weight excluding hydrogens is 327 g/mol. The molecule has 1 aromatic heterocycles. The monoisotopic (exact) mass is 350 g/mol. The lowest BCUT2D eigenvalue weighted by Gasteiger charge is -2.36. The fourth-order valence-electron chi connectivity index (χ4n) is 3.10. The molecule has 0 bridgehead atoms. The molecule has 0 aromatic carbocycles. The normalized spacial score (nSPS) is 25.0. The number of aromatic amines is 1. The highest BCUT2D eigenvalue weighted by Crippen LogP contribution is 2.30. The quantitative estimate of drug-likeness (QED) is 0.870. The smallest absolute Gasteiger partial charge is 0.224 e. The number of nitrogens with one attached hydrogen (secondary N) is 2. The van der Waals surface area contributed by atoms with Gasteiger partial charge < -0.3 is 15.0 Å². The molecule has 3 rings (SSSR count). The summed E-state index contributed by atoms with van der Waals surface area (Å²) in [5.41, 5.74) is 1.12. The largest absolute Gasteiger partial charge is 0.378 e. The van der Waals surface area contributed by atoms with Crippen molar-refractivity contribution < 1.29 is 9.53 Å². The van der Waals surface area contributed by atoms with Crippen molar-refractivity contribution >= 4 is 30.7 Å². The molecule has 0 spiro atoms. The maximum Gasteiger partial charge on any atom is 0.224 e. The summed E-state index contributed by atoms with van der Waals surface area (Å²) < 4.78 is 5.42. The maximum atomic E-state index is 12.6. The number of aromatic nitrogens is 2. The van der Waals surface area contributed by atoms with Gasteiger partial charge in [0.15, 0.2) is 0 Å². The molecule has 2 atom stereocenters. The van der Waals surface area contributed by atoms with E-state index in [0.717, 1.165) is 38.1 Å². The van der Waals surface area contributed by atoms with Crippen LogP contribution in [0.2, 0.25) is 0 Å². The topological polar surface area (TPSA) is 70.2 Å². The number of hydrogen-bond acceptors (Lipinski definition) is 4. The first-order valence-electron chi connectivity index (χ1n) is 7.44. The lowest BCUT2D eigenvalue weighted by Crippen LogP contribution is -2.46. The molecule has 8 heteroatoms. The Morgan fingerprint density at radius 2 is 2.27 bits per heavy atom. The van der Waals surface area contributed by atoms with Gasteiger partial charge >= 0.3 is 0 Å². The molecule has 2 N–H and O–H groups in total. The van der Waals surface area contributed by atoms with Crippen LogP contribution in [0.1, 0.15) is 37.3 Å². The van der Waals surface area contributed by atoms with Gasteiger partial charge in [-0.15, -0.1) is 24.8 Å². The van der Waals surface area contributed by atoms with Gasteiger partial charge in [0.2, 0.25) is 5.91 Å². The highest BCUT2D eigenvalue weighted by atomic mass is 35.5. The molecule has 0 saturated carbocycles. The molecule has 126 valence electrons. The number of halogens is 2. The number of piperidine rings is 1. The van der Waals surface area contributed by atoms with Crippen LogP contribution < -0.4 is 5.32 Å². The van der Waals surface area contributed by atoms with E-state index in [1.807, 2.05) is 17.3 Å². The third kappa shape index (κ3) is 4.59. The summed E-state index contributed by atoms with van der Waals surface area (Å²) >= 11 is 0. The molecule has 2 unspecified atom stereocenters. The molecule has 2 fully saturated rings. The van der Waals surface area contributed by atoms with E-state index in [9.17, 15) is 4.79 Å². The first kappa shape index (κ1) is 19.2. The number of likely N-dealkylation sites (tertiary alicyclic amines) is 1. The average Bonchev–Trinajstić information content (AvgIpc) is 3.02. The van der Waals surface area contributed by atoms with E-state index in [-0.39, 0.29) is 42.8 Å². The minimum Gasteiger partial charge on any atom is -0.378 e. The third-order valence-electron chi connectivity index (χ3n) is 4.15. The van der Waals surface area contributed by atoms with Crippen molar-refractivity contribution in [2.24, 2.45) is 0 Å². The molecule has 1 aromatic rings. The average molecular weight is 351 g/mol. The first-order valence-corrected chi connectivity index (χ1v) is 7.44. The summed E-state index contributed by atoms with van der Waals surface area (Å²) in [5, 5.41) is 10.2. The highest BCUT2D eigenvalue weighted by Gasteiger charge is 2.30. The van der Waals surface area contributed by atoms with Crippen molar-refractivity contribution in [3.05, 3.63) is 18.0 Å². The van der Waals surface area contributed by atoms with Gasteiger partial charge in [0.25, 0.3) is 0 Å². The van der Waals surface area contributed by atoms with Gasteiger partial charge in [-0.2, -0.15) is 5.10 Å². The van der Waals surface area contributed by atoms with Crippen LogP contribution in [0.5, 0.6) is 0 Å². The number of nitrogens with zero attached hydrogens (tertiary/aromatic N) is 2. The van der Waals surface area contributed by atoms with E-state index < -0.39 is 0 Å². The molecule has 2 aliphatic rings. The van der Waals surface area contributed by atoms with Crippen molar-refractivity contribution in [2.45, 2.75) is 37.8 Å². The van der Waals surface area contributed by atoms with Gasteiger partial charge in [-0.05, 0) is 19.3 Å². The Balaban J connectivity index is 0.00000121. The molecule has 1 amide bonds. The lowest BCUT2D eigenvalue weighted by atomic mass is 9.96. The lowest BCUT2D eigenvalue weighted by molar-refractivity contribution is -0.136. The van der Waals surface area contributed by atoms with Gasteiger partial charge in [-0.3, -0.25) is 9.89 Å². The predicted octanol–water partition coefficient (Wildman–Crippen LogP) is 1.69. The van der Waals surface area contributed by atoms with Crippen LogP contribution in [0.4, 0.5) is 0 Å². The zero-order valence-electron chi connectivity index (χ0n) is 12.5. The van der Waals surface area contributed by atoms with E-state index in [0.29, 0.717) is 13.0 Å². The minimum absolute atomic E-state index is 0. The highest BCUT2D eigenvalue weighted by molar-refractivity contribution is 5.85. The minimum atomic E-state index is 0. The molecule has 0 aliphatic carbocycles. The molecule has 0 radical (unpaired) electrons. The molecule has 6 nitrogen and oxygen atoms in total. The number of carbonyl (C=O) groups excluding carboxylic acids is 1. The van der Waals surface area contributed by atoms with Crippen LogP contribution in [0.15, 0.2) is 12.4 Å². The number of H-pyrrole nitrogens is 1. The van der Waals surface area contributed by atoms with E-state index in [1.165, 1.54) is 6.42 Å². The number of ether oxygens (including phenoxy) is 1. The molecule has 3 heterocycles. The summed E-state index contributed by atoms with van der Waals surface area (Å²) in [5.74, 6) is 0.221. The van der Waals surface area contributed by atoms with Crippen LogP contribution in [0, 0.1) is 0 Å². The Bertz CT molecular complexity index is 438. The van der Waals surface area contributed by atoms with Gasteiger partial charge in [-0.1, -0.05) is 0 Å². The molecule has 2 saturated heterocycles. The van der Waals surface area contributed by atoms with E-state index in [2.05, 4.69) is 15.5 Å². The van der Waals surface area contributed by atoms with Crippen molar-refractivity contribution in [2.75, 3.05) is 26.3 Å². The van der Waals surface area contributed by atoms with Crippen LogP contribution in [0.25, 0.3) is 0 Å². The van der Waals surface area contributed by atoms with E-state index in [4.69, 9.17) is 4.74 Å². The SMILES string of the molecule is Cl.Cl.O=C(CC1COCCN1)N1CCCCC1c1cn[nH]c1. The number of hydrogen-bond donors (Lipinski definition) is 2. The fourth-order valence-corrected chi connectivity index (χ4v) is 3.10. The Labute approximate surface area is 143 Å². The van der Waals surface area contributed by atoms with Crippen LogP contribution in [-0.2, 0) is 9.53 Å². The summed E-state index contributed by atoms with van der Waals surface area (Å²) in [6, 6.07) is 0.336. The molecule has 2 aliphatic heterocycles. The third-order valence-corrected chi connectivity index (χ3v) is 4.15. The number of amides is 1. The Morgan fingerprint density at radius 3 is 2.95 bits per heavy atom. The molecule has 22 heavy (non-hydrogen) atoms. The van der Waals surface area contributed by atoms with E-state index in [1.54, 1.807) is 0 Å². The predicted molar refractivity (Wildman–Crippen MR) is 88.6 cm³/mol. The summed E-state index contributed by atoms with van der Waals surface area (Å²) in [6.07, 6.45) is 7.55. The summed E-state index contributed by atoms with van der Waals surface area (Å²) in [4.78, 5) is 14.6. The van der Waals surface area contributed by atoms with Crippen molar-refractivity contribution in [3.8, 4) is 0 Å². The van der Waals surface area contributed by atoms with Gasteiger partial charge in [0.1, 0.15) is 0 Å². The van der Waals surface area contributed by atoms with Crippen molar-refractivity contribution in [1.82, 2.24) is 20.4 Å². The summed E-state index contributed by atoms with van der Waals surface area (Å²) in [7, 11) is 0. The second-order valence-electron chi connectivity index (χ2n) is 5.56. The number of morpholine rings is 1. The second-order valence-corrected chi connectivity index (χ2v) is 5.56. The van der Waals surface area contributed by atoms with Crippen LogP contribution in [0.3, 0.4) is 0 Å². The van der Waals surface area contributed by atoms with Crippen LogP contribution in [-0.4, -0.2) is 53.3 Å². The molecular formula is C14H24Cl2N4O2. The van der Waals surface area contributed by atoms with Crippen molar-refractivity contribution in [1.29, 1.82) is 0 Å². The Kier molecular flexibility index (Phi) is 8.17. The van der Waals surface area contributed by atoms with Gasteiger partial charge in [-0.25, -0.2) is 0 Å². The Morgan fingerprint density at radius 1 is 1.41 bits per heavy atom. The second kappa shape index (κ2) is 9.35. The number of rotatable bonds is 3. The zero-order chi connectivity index (χ0) is 13.8. The standard InChI is InChI=1S/C14H22N4O2.2ClH/c19-14(7-12-10-20-6-4-15-12)18-5-2-1-3-13(18)11-8-16-17-9-11;;/h8-9,12-13,15H,1-7,10H2,(H,16,17);2*1H. The fraction of sp³-hybridized carbons (Fsp3) is 0.714. The van der Waals surface area contributed by atoms with Crippen molar-refractivity contribution in [3.63, 3.8) is 0 Å². The van der Waals surface area contributed by atoms with E-state index >= 15 is 0 Å². The first-order chi connectivity index (χ1) is 9.84. The summed E-state index contributed by atoms with van der Waals surface area (Å²) in [6.45, 7) is 3.06. The van der Waals surface area contributed by atoms with Gasteiger partial charge in [0.05, 0.1) is 25.5 Å². The van der Waals surface area contributed by atoms with Gasteiger partial charge in [0, 0.05) is 37.3 Å².